The SMILES string of the molecule is Fc1ccc(CC(Cl)C2CCCCCC2)cc1F. The van der Waals surface area contributed by atoms with Gasteiger partial charge in [-0.2, -0.15) is 0 Å². The lowest BCUT2D eigenvalue weighted by Gasteiger charge is -2.20. The fraction of sp³-hybridized carbons (Fsp3) is 0.600. The van der Waals surface area contributed by atoms with Crippen LogP contribution in [0.2, 0.25) is 0 Å². The van der Waals surface area contributed by atoms with Crippen LogP contribution in [0.15, 0.2) is 18.2 Å². The molecule has 1 aromatic rings. The second-order valence-corrected chi connectivity index (χ2v) is 5.78. The Kier molecular flexibility index (Phi) is 4.99. The van der Waals surface area contributed by atoms with Gasteiger partial charge in [-0.05, 0) is 42.9 Å². The molecule has 0 nitrogen and oxygen atoms in total. The molecule has 0 amide bonds. The molecule has 1 saturated carbocycles. The van der Waals surface area contributed by atoms with Crippen LogP contribution in [0.1, 0.15) is 44.1 Å². The summed E-state index contributed by atoms with van der Waals surface area (Å²) < 4.78 is 26.0. The molecule has 100 valence electrons. The van der Waals surface area contributed by atoms with Gasteiger partial charge in [0.15, 0.2) is 11.6 Å². The normalized spacial score (nSPS) is 19.5. The number of hydrogen-bond acceptors (Lipinski definition) is 0. The molecule has 0 spiro atoms. The smallest absolute Gasteiger partial charge is 0.159 e. The zero-order valence-electron chi connectivity index (χ0n) is 10.5. The first-order valence-electron chi connectivity index (χ1n) is 6.75. The second-order valence-electron chi connectivity index (χ2n) is 5.22. The van der Waals surface area contributed by atoms with Gasteiger partial charge in [0.1, 0.15) is 0 Å². The van der Waals surface area contributed by atoms with E-state index < -0.39 is 11.6 Å². The van der Waals surface area contributed by atoms with Gasteiger partial charge >= 0.3 is 0 Å². The van der Waals surface area contributed by atoms with Gasteiger partial charge in [-0.25, -0.2) is 8.78 Å². The predicted octanol–water partition coefficient (Wildman–Crippen LogP) is 5.09. The maximum absolute atomic E-state index is 13.1. The van der Waals surface area contributed by atoms with E-state index in [-0.39, 0.29) is 5.38 Å². The third-order valence-corrected chi connectivity index (χ3v) is 4.34. The van der Waals surface area contributed by atoms with Crippen molar-refractivity contribution in [3.63, 3.8) is 0 Å². The monoisotopic (exact) mass is 272 g/mol. The van der Waals surface area contributed by atoms with E-state index in [0.29, 0.717) is 12.3 Å². The van der Waals surface area contributed by atoms with E-state index in [4.69, 9.17) is 11.6 Å². The summed E-state index contributed by atoms with van der Waals surface area (Å²) in [5, 5.41) is 0.0351. The van der Waals surface area contributed by atoms with Crippen molar-refractivity contribution in [3.8, 4) is 0 Å². The van der Waals surface area contributed by atoms with Gasteiger partial charge in [0.05, 0.1) is 0 Å². The van der Waals surface area contributed by atoms with Gasteiger partial charge in [0.2, 0.25) is 0 Å². The first-order chi connectivity index (χ1) is 8.66. The third-order valence-electron chi connectivity index (χ3n) is 3.83. The Labute approximate surface area is 112 Å². The molecular formula is C15H19ClF2. The fourth-order valence-electron chi connectivity index (χ4n) is 2.73. The van der Waals surface area contributed by atoms with Crippen LogP contribution in [0.25, 0.3) is 0 Å². The molecule has 18 heavy (non-hydrogen) atoms. The van der Waals surface area contributed by atoms with Crippen molar-refractivity contribution in [2.24, 2.45) is 5.92 Å². The highest BCUT2D eigenvalue weighted by Gasteiger charge is 2.21. The van der Waals surface area contributed by atoms with Crippen LogP contribution < -0.4 is 0 Å². The summed E-state index contributed by atoms with van der Waals surface area (Å²) in [5.41, 5.74) is 0.790. The van der Waals surface area contributed by atoms with Crippen LogP contribution >= 0.6 is 11.6 Å². The molecule has 1 unspecified atom stereocenters. The van der Waals surface area contributed by atoms with E-state index in [0.717, 1.165) is 18.4 Å². The lowest BCUT2D eigenvalue weighted by atomic mass is 9.92. The van der Waals surface area contributed by atoms with E-state index in [2.05, 4.69) is 0 Å². The van der Waals surface area contributed by atoms with Crippen molar-refractivity contribution in [1.82, 2.24) is 0 Å². The highest BCUT2D eigenvalue weighted by Crippen LogP contribution is 2.30. The quantitative estimate of drug-likeness (QED) is 0.531. The lowest BCUT2D eigenvalue weighted by molar-refractivity contribution is 0.434. The first kappa shape index (κ1) is 13.8. The Morgan fingerprint density at radius 2 is 1.72 bits per heavy atom. The number of benzene rings is 1. The average Bonchev–Trinajstić information content (AvgIpc) is 2.62. The molecular weight excluding hydrogens is 254 g/mol. The average molecular weight is 273 g/mol. The summed E-state index contributed by atoms with van der Waals surface area (Å²) in [6.07, 6.45) is 8.03. The largest absolute Gasteiger partial charge is 0.204 e. The minimum absolute atomic E-state index is 0.0351. The third kappa shape index (κ3) is 3.68. The van der Waals surface area contributed by atoms with Gasteiger partial charge in [-0.1, -0.05) is 31.7 Å². The van der Waals surface area contributed by atoms with Gasteiger partial charge in [-0.3, -0.25) is 0 Å². The van der Waals surface area contributed by atoms with E-state index in [1.165, 1.54) is 37.8 Å². The summed E-state index contributed by atoms with van der Waals surface area (Å²) in [4.78, 5) is 0. The fourth-order valence-corrected chi connectivity index (χ4v) is 3.16. The predicted molar refractivity (Wildman–Crippen MR) is 70.9 cm³/mol. The molecule has 1 atom stereocenters. The van der Waals surface area contributed by atoms with Crippen LogP contribution in [-0.4, -0.2) is 5.38 Å². The summed E-state index contributed by atoms with van der Waals surface area (Å²) in [6, 6.07) is 4.08. The molecule has 1 fully saturated rings. The molecule has 0 N–H and O–H groups in total. The number of alkyl halides is 1. The summed E-state index contributed by atoms with van der Waals surface area (Å²) >= 11 is 6.44. The van der Waals surface area contributed by atoms with Gasteiger partial charge in [0, 0.05) is 5.38 Å². The van der Waals surface area contributed by atoms with E-state index in [1.54, 1.807) is 6.07 Å². The number of hydrogen-bond donors (Lipinski definition) is 0. The Morgan fingerprint density at radius 3 is 2.33 bits per heavy atom. The standard InChI is InChI=1S/C15H19ClF2/c16-13(12-5-3-1-2-4-6-12)9-11-7-8-14(17)15(18)10-11/h7-8,10,12-13H,1-6,9H2. The van der Waals surface area contributed by atoms with Gasteiger partial charge in [-0.15, -0.1) is 11.6 Å². The molecule has 0 aromatic heterocycles. The minimum Gasteiger partial charge on any atom is -0.204 e. The van der Waals surface area contributed by atoms with Crippen LogP contribution in [-0.2, 0) is 6.42 Å². The molecule has 0 saturated heterocycles. The molecule has 1 aliphatic carbocycles. The van der Waals surface area contributed by atoms with Crippen molar-refractivity contribution in [3.05, 3.63) is 35.4 Å². The zero-order valence-corrected chi connectivity index (χ0v) is 11.2. The summed E-state index contributed by atoms with van der Waals surface area (Å²) in [7, 11) is 0. The highest BCUT2D eigenvalue weighted by atomic mass is 35.5. The first-order valence-corrected chi connectivity index (χ1v) is 7.18. The molecule has 2 rings (SSSR count). The van der Waals surface area contributed by atoms with Crippen LogP contribution in [0.4, 0.5) is 8.78 Å². The summed E-state index contributed by atoms with van der Waals surface area (Å²) in [6.45, 7) is 0. The Balaban J connectivity index is 1.96. The van der Waals surface area contributed by atoms with Crippen LogP contribution in [0.5, 0.6) is 0 Å². The van der Waals surface area contributed by atoms with Crippen molar-refractivity contribution >= 4 is 11.6 Å². The molecule has 1 aliphatic rings. The Hall–Kier alpha value is -0.630. The van der Waals surface area contributed by atoms with Crippen molar-refractivity contribution in [1.29, 1.82) is 0 Å². The number of halogens is 3. The zero-order chi connectivity index (χ0) is 13.0. The van der Waals surface area contributed by atoms with Crippen molar-refractivity contribution in [2.75, 3.05) is 0 Å². The minimum atomic E-state index is -0.792. The Bertz CT molecular complexity index is 384. The molecule has 3 heteroatoms. The van der Waals surface area contributed by atoms with Crippen LogP contribution in [0.3, 0.4) is 0 Å². The van der Waals surface area contributed by atoms with E-state index in [1.807, 2.05) is 0 Å². The second kappa shape index (κ2) is 6.51. The molecule has 0 radical (unpaired) electrons. The van der Waals surface area contributed by atoms with Gasteiger partial charge < -0.3 is 0 Å². The highest BCUT2D eigenvalue weighted by molar-refractivity contribution is 6.20. The van der Waals surface area contributed by atoms with E-state index in [9.17, 15) is 8.78 Å². The van der Waals surface area contributed by atoms with Crippen molar-refractivity contribution < 1.29 is 8.78 Å². The molecule has 0 bridgehead atoms. The molecule has 1 aromatic carbocycles. The Morgan fingerprint density at radius 1 is 1.06 bits per heavy atom. The maximum Gasteiger partial charge on any atom is 0.159 e. The van der Waals surface area contributed by atoms with Crippen molar-refractivity contribution in [2.45, 2.75) is 50.3 Å². The van der Waals surface area contributed by atoms with E-state index >= 15 is 0 Å². The van der Waals surface area contributed by atoms with Gasteiger partial charge in [0.25, 0.3) is 0 Å². The van der Waals surface area contributed by atoms with Crippen LogP contribution in [0, 0.1) is 17.6 Å². The summed E-state index contributed by atoms with van der Waals surface area (Å²) in [5.74, 6) is -1.06. The maximum atomic E-state index is 13.1. The molecule has 0 heterocycles. The topological polar surface area (TPSA) is 0 Å². The molecule has 0 aliphatic heterocycles. The lowest BCUT2D eigenvalue weighted by Crippen LogP contribution is -2.17. The number of rotatable bonds is 3.